The maximum atomic E-state index is 12.2. The summed E-state index contributed by atoms with van der Waals surface area (Å²) in [6.45, 7) is 0.517. The predicted octanol–water partition coefficient (Wildman–Crippen LogP) is -0.498. The summed E-state index contributed by atoms with van der Waals surface area (Å²) in [6, 6.07) is 4.70. The van der Waals surface area contributed by atoms with Crippen molar-refractivity contribution in [2.24, 2.45) is 0 Å². The van der Waals surface area contributed by atoms with Gasteiger partial charge in [-0.05, 0) is 30.7 Å². The summed E-state index contributed by atoms with van der Waals surface area (Å²) < 4.78 is 49.3. The summed E-state index contributed by atoms with van der Waals surface area (Å²) in [6.07, 6.45) is 1.22. The van der Waals surface area contributed by atoms with Crippen LogP contribution >= 0.6 is 0 Å². The average molecular weight is 337 g/mol. The lowest BCUT2D eigenvalue weighted by Gasteiger charge is -2.29. The molecule has 0 aliphatic rings. The second kappa shape index (κ2) is 6.41. The molecule has 0 unspecified atom stereocenters. The van der Waals surface area contributed by atoms with Gasteiger partial charge in [0, 0.05) is 6.26 Å². The number of hydrogen-bond acceptors (Lipinski definition) is 6. The van der Waals surface area contributed by atoms with Crippen LogP contribution in [0.1, 0.15) is 13.3 Å². The first-order valence-corrected chi connectivity index (χ1v) is 9.53. The van der Waals surface area contributed by atoms with Crippen molar-refractivity contribution in [2.75, 3.05) is 19.5 Å². The maximum Gasteiger partial charge on any atom is 0.241 e. The Hall–Kier alpha value is -1.00. The molecular weight excluding hydrogens is 318 g/mol. The van der Waals surface area contributed by atoms with Crippen LogP contribution in [0.2, 0.25) is 0 Å². The van der Waals surface area contributed by atoms with E-state index in [1.54, 1.807) is 6.92 Å². The largest absolute Gasteiger partial charge is 0.394 e. The molecule has 0 saturated heterocycles. The van der Waals surface area contributed by atoms with Gasteiger partial charge in [0.25, 0.3) is 0 Å². The minimum atomic E-state index is -3.98. The van der Waals surface area contributed by atoms with Crippen LogP contribution in [0.15, 0.2) is 34.1 Å². The van der Waals surface area contributed by atoms with E-state index < -0.39 is 38.6 Å². The molecule has 0 aliphatic heterocycles. The Morgan fingerprint density at radius 1 is 1.00 bits per heavy atom. The Bertz CT molecular complexity index is 667. The molecule has 0 bridgehead atoms. The fourth-order valence-corrected chi connectivity index (χ4v) is 3.71. The van der Waals surface area contributed by atoms with E-state index in [-0.39, 0.29) is 16.2 Å². The molecule has 0 aromatic heterocycles. The highest BCUT2D eigenvalue weighted by Crippen LogP contribution is 2.18. The van der Waals surface area contributed by atoms with E-state index >= 15 is 0 Å². The summed E-state index contributed by atoms with van der Waals surface area (Å²) in [7, 11) is -7.39. The molecule has 0 fully saturated rings. The Morgan fingerprint density at radius 2 is 1.43 bits per heavy atom. The monoisotopic (exact) mass is 337 g/mol. The van der Waals surface area contributed by atoms with Crippen LogP contribution in [0.4, 0.5) is 0 Å². The number of aliphatic hydroxyl groups excluding tert-OH is 2. The third kappa shape index (κ3) is 4.24. The Balaban J connectivity index is 3.14. The fraction of sp³-hybridized carbons (Fsp3) is 0.500. The highest BCUT2D eigenvalue weighted by molar-refractivity contribution is 7.90. The maximum absolute atomic E-state index is 12.2. The third-order valence-corrected chi connectivity index (χ3v) is 5.92. The molecule has 1 rings (SSSR count). The van der Waals surface area contributed by atoms with E-state index in [0.29, 0.717) is 0 Å². The van der Waals surface area contributed by atoms with Crippen molar-refractivity contribution >= 4 is 19.9 Å². The van der Waals surface area contributed by atoms with E-state index in [1.807, 2.05) is 0 Å². The van der Waals surface area contributed by atoms with Crippen molar-refractivity contribution in [2.45, 2.75) is 28.7 Å². The lowest BCUT2D eigenvalue weighted by atomic mass is 10.0. The smallest absolute Gasteiger partial charge is 0.241 e. The molecule has 0 radical (unpaired) electrons. The van der Waals surface area contributed by atoms with Gasteiger partial charge in [0.2, 0.25) is 10.0 Å². The van der Waals surface area contributed by atoms with E-state index in [4.69, 9.17) is 0 Å². The van der Waals surface area contributed by atoms with Crippen LogP contribution in [0, 0.1) is 0 Å². The summed E-state index contributed by atoms with van der Waals surface area (Å²) >= 11 is 0. The Kier molecular flexibility index (Phi) is 5.51. The van der Waals surface area contributed by atoms with Crippen LogP contribution in [0.5, 0.6) is 0 Å². The normalized spacial score (nSPS) is 13.3. The molecule has 0 atom stereocenters. The van der Waals surface area contributed by atoms with Gasteiger partial charge in [0.15, 0.2) is 9.84 Å². The average Bonchev–Trinajstić information content (AvgIpc) is 2.44. The minimum absolute atomic E-state index is 0.00696. The molecular formula is C12H19NO6S2. The summed E-state index contributed by atoms with van der Waals surface area (Å²) in [5, 5.41) is 18.5. The van der Waals surface area contributed by atoms with Gasteiger partial charge in [0.05, 0.1) is 28.5 Å². The topological polar surface area (TPSA) is 121 Å². The molecule has 9 heteroatoms. The van der Waals surface area contributed by atoms with E-state index in [9.17, 15) is 27.0 Å². The molecule has 1 aromatic rings. The van der Waals surface area contributed by atoms with Crippen molar-refractivity contribution in [1.82, 2.24) is 4.72 Å². The third-order valence-electron chi connectivity index (χ3n) is 3.20. The standard InChI is InChI=1S/C12H19NO6S2/c1-3-12(8-14,9-15)13-21(18,19)11-6-4-10(5-7-11)20(2,16)17/h4-7,13-15H,3,8-9H2,1-2H3. The highest BCUT2D eigenvalue weighted by atomic mass is 32.2. The molecule has 120 valence electrons. The van der Waals surface area contributed by atoms with Crippen molar-refractivity contribution in [3.05, 3.63) is 24.3 Å². The molecule has 0 heterocycles. The first-order valence-electron chi connectivity index (χ1n) is 6.16. The van der Waals surface area contributed by atoms with E-state index in [0.717, 1.165) is 18.4 Å². The number of sulfonamides is 1. The van der Waals surface area contributed by atoms with Crippen molar-refractivity contribution < 1.29 is 27.0 Å². The Labute approximate surface area is 124 Å². The summed E-state index contributed by atoms with van der Waals surface area (Å²) in [4.78, 5) is -0.137. The molecule has 7 nitrogen and oxygen atoms in total. The summed E-state index contributed by atoms with van der Waals surface area (Å²) in [5.74, 6) is 0. The van der Waals surface area contributed by atoms with Crippen molar-refractivity contribution in [3.63, 3.8) is 0 Å². The first-order chi connectivity index (χ1) is 9.60. The van der Waals surface area contributed by atoms with Crippen LogP contribution in [0.25, 0.3) is 0 Å². The van der Waals surface area contributed by atoms with Gasteiger partial charge < -0.3 is 10.2 Å². The molecule has 0 aliphatic carbocycles. The van der Waals surface area contributed by atoms with Gasteiger partial charge in [-0.2, -0.15) is 0 Å². The molecule has 0 saturated carbocycles. The lowest BCUT2D eigenvalue weighted by molar-refractivity contribution is 0.105. The fourth-order valence-electron chi connectivity index (χ4n) is 1.62. The second-order valence-corrected chi connectivity index (χ2v) is 8.50. The van der Waals surface area contributed by atoms with Gasteiger partial charge in [-0.25, -0.2) is 21.6 Å². The van der Waals surface area contributed by atoms with Gasteiger partial charge >= 0.3 is 0 Å². The first kappa shape index (κ1) is 18.1. The SMILES string of the molecule is CCC(CO)(CO)NS(=O)(=O)c1ccc(S(C)(=O)=O)cc1. The highest BCUT2D eigenvalue weighted by Gasteiger charge is 2.32. The molecule has 3 N–H and O–H groups in total. The van der Waals surface area contributed by atoms with Crippen molar-refractivity contribution in [3.8, 4) is 0 Å². The minimum Gasteiger partial charge on any atom is -0.394 e. The second-order valence-electron chi connectivity index (χ2n) is 4.80. The number of sulfone groups is 1. The van der Waals surface area contributed by atoms with Gasteiger partial charge in [-0.15, -0.1) is 0 Å². The van der Waals surface area contributed by atoms with Crippen LogP contribution in [0.3, 0.4) is 0 Å². The number of rotatable bonds is 7. The number of nitrogens with one attached hydrogen (secondary N) is 1. The number of benzene rings is 1. The zero-order valence-electron chi connectivity index (χ0n) is 11.8. The van der Waals surface area contributed by atoms with Crippen molar-refractivity contribution in [1.29, 1.82) is 0 Å². The zero-order chi connectivity index (χ0) is 16.3. The molecule has 0 amide bonds. The lowest BCUT2D eigenvalue weighted by Crippen LogP contribution is -2.53. The van der Waals surface area contributed by atoms with Crippen LogP contribution in [-0.4, -0.2) is 52.1 Å². The summed E-state index contributed by atoms with van der Waals surface area (Å²) in [5.41, 5.74) is -1.35. The van der Waals surface area contributed by atoms with Gasteiger partial charge in [0.1, 0.15) is 0 Å². The number of aliphatic hydroxyl groups is 2. The molecule has 0 spiro atoms. The molecule has 1 aromatic carbocycles. The van der Waals surface area contributed by atoms with E-state index in [2.05, 4.69) is 4.72 Å². The van der Waals surface area contributed by atoms with Gasteiger partial charge in [-0.1, -0.05) is 6.92 Å². The van der Waals surface area contributed by atoms with Crippen LogP contribution < -0.4 is 4.72 Å². The zero-order valence-corrected chi connectivity index (χ0v) is 13.4. The van der Waals surface area contributed by atoms with Crippen LogP contribution in [-0.2, 0) is 19.9 Å². The predicted molar refractivity (Wildman–Crippen MR) is 77.1 cm³/mol. The molecule has 21 heavy (non-hydrogen) atoms. The van der Waals surface area contributed by atoms with E-state index in [1.165, 1.54) is 12.1 Å². The Morgan fingerprint density at radius 3 is 1.76 bits per heavy atom. The number of hydrogen-bond donors (Lipinski definition) is 3. The van der Waals surface area contributed by atoms with Gasteiger partial charge in [-0.3, -0.25) is 0 Å². The quantitative estimate of drug-likeness (QED) is 0.617.